The molecule has 0 saturated heterocycles. The van der Waals surface area contributed by atoms with E-state index in [9.17, 15) is 24.3 Å². The van der Waals surface area contributed by atoms with Gasteiger partial charge in [-0.2, -0.15) is 0 Å². The molecule has 3 atom stereocenters. The Balaban J connectivity index is 1.72. The standard InChI is InChI=1S/C34H44N6O6S/c1-40(27-17-9-4-10-18-27)39-30(41)21-20-28(37-33(44)46-24-26-15-7-3-8-16-26)31(42)38-29(19-11-12-22-35)34(45,47)32(43)36-23-25-13-5-2-6-14-25/h2-10,13-18,28-29,45,47H,11-12,19-24,35H2,1H3,(H,36,43)(H,37,44)(H,38,42)(H,39,41)/t28-,29-,34+/m0/s1. The fraction of sp³-hybridized carbons (Fsp3) is 0.353. The molecule has 0 fully saturated rings. The SMILES string of the molecule is CN(NC(=O)CC[C@H](NC(=O)OCc1ccccc1)C(=O)N[C@@H](CCCCN)[C@@](O)(S)C(=O)NCc1ccccc1)c1ccccc1. The normalized spacial score (nSPS) is 13.3. The number of nitrogens with two attached hydrogens (primary N) is 1. The number of para-hydroxylation sites is 1. The fourth-order valence-corrected chi connectivity index (χ4v) is 4.89. The Morgan fingerprint density at radius 2 is 1.47 bits per heavy atom. The summed E-state index contributed by atoms with van der Waals surface area (Å²) in [4.78, 5) is 50.1. The number of anilines is 1. The summed E-state index contributed by atoms with van der Waals surface area (Å²) in [7, 11) is 1.68. The van der Waals surface area contributed by atoms with Crippen molar-refractivity contribution in [1.29, 1.82) is 0 Å². The molecular weight excluding hydrogens is 620 g/mol. The Hall–Kier alpha value is -4.59. The molecule has 0 aliphatic carbocycles. The number of thiol groups is 1. The van der Waals surface area contributed by atoms with Crippen LogP contribution in [0.5, 0.6) is 0 Å². The number of carbonyl (C=O) groups excluding carboxylic acids is 4. The number of unbranched alkanes of at least 4 members (excludes halogenated alkanes) is 1. The molecule has 12 nitrogen and oxygen atoms in total. The number of benzene rings is 3. The zero-order valence-corrected chi connectivity index (χ0v) is 27.3. The fourth-order valence-electron chi connectivity index (χ4n) is 4.62. The van der Waals surface area contributed by atoms with Gasteiger partial charge in [-0.25, -0.2) is 4.79 Å². The maximum Gasteiger partial charge on any atom is 0.408 e. The van der Waals surface area contributed by atoms with Gasteiger partial charge in [0.05, 0.1) is 11.7 Å². The molecule has 3 rings (SSSR count). The van der Waals surface area contributed by atoms with Crippen LogP contribution >= 0.6 is 12.6 Å². The van der Waals surface area contributed by atoms with Gasteiger partial charge < -0.3 is 31.5 Å². The van der Waals surface area contributed by atoms with Crippen LogP contribution < -0.4 is 32.1 Å². The van der Waals surface area contributed by atoms with Gasteiger partial charge >= 0.3 is 6.09 Å². The van der Waals surface area contributed by atoms with Gasteiger partial charge in [0.1, 0.15) is 12.6 Å². The van der Waals surface area contributed by atoms with Crippen molar-refractivity contribution in [2.45, 2.75) is 62.3 Å². The van der Waals surface area contributed by atoms with E-state index in [1.807, 2.05) is 66.7 Å². The van der Waals surface area contributed by atoms with Crippen molar-refractivity contribution < 1.29 is 29.0 Å². The third-order valence-electron chi connectivity index (χ3n) is 7.30. The molecule has 3 aromatic carbocycles. The van der Waals surface area contributed by atoms with Crippen molar-refractivity contribution in [3.63, 3.8) is 0 Å². The van der Waals surface area contributed by atoms with Crippen LogP contribution in [0.3, 0.4) is 0 Å². The lowest BCUT2D eigenvalue weighted by Gasteiger charge is -2.33. The largest absolute Gasteiger partial charge is 0.445 e. The smallest absolute Gasteiger partial charge is 0.408 e. The second kappa shape index (κ2) is 19.2. The molecule has 0 aliphatic heterocycles. The Kier molecular flexibility index (Phi) is 15.0. The van der Waals surface area contributed by atoms with Gasteiger partial charge in [0.15, 0.2) is 0 Å². The number of hydrazine groups is 1. The molecule has 13 heteroatoms. The molecule has 0 aromatic heterocycles. The number of alkyl carbamates (subject to hydrolysis) is 1. The van der Waals surface area contributed by atoms with E-state index in [4.69, 9.17) is 10.5 Å². The van der Waals surface area contributed by atoms with Crippen molar-refractivity contribution in [2.24, 2.45) is 5.73 Å². The summed E-state index contributed by atoms with van der Waals surface area (Å²) in [6, 6.07) is 24.9. The number of rotatable bonds is 18. The quantitative estimate of drug-likeness (QED) is 0.0470. The van der Waals surface area contributed by atoms with Gasteiger partial charge in [-0.3, -0.25) is 24.8 Å². The number of ether oxygens (including phenoxy) is 1. The van der Waals surface area contributed by atoms with Crippen molar-refractivity contribution >= 4 is 42.1 Å². The van der Waals surface area contributed by atoms with E-state index < -0.39 is 40.8 Å². The lowest BCUT2D eigenvalue weighted by Crippen LogP contribution is -2.60. The third-order valence-corrected chi connectivity index (χ3v) is 7.81. The molecule has 0 spiro atoms. The average Bonchev–Trinajstić information content (AvgIpc) is 3.08. The van der Waals surface area contributed by atoms with E-state index >= 15 is 0 Å². The predicted octanol–water partition coefficient (Wildman–Crippen LogP) is 2.78. The van der Waals surface area contributed by atoms with E-state index in [0.29, 0.717) is 19.4 Å². The molecule has 0 bridgehead atoms. The van der Waals surface area contributed by atoms with E-state index in [0.717, 1.165) is 16.8 Å². The number of aliphatic hydroxyl groups is 1. The van der Waals surface area contributed by atoms with E-state index in [-0.39, 0.29) is 32.4 Å². The van der Waals surface area contributed by atoms with Crippen LogP contribution in [0.4, 0.5) is 10.5 Å². The number of carbonyl (C=O) groups is 4. The first-order valence-corrected chi connectivity index (χ1v) is 15.9. The lowest BCUT2D eigenvalue weighted by molar-refractivity contribution is -0.135. The molecule has 0 heterocycles. The average molecular weight is 665 g/mol. The number of nitrogens with one attached hydrogen (secondary N) is 4. The van der Waals surface area contributed by atoms with E-state index in [2.05, 4.69) is 34.0 Å². The first-order chi connectivity index (χ1) is 22.6. The molecule has 4 amide bonds. The maximum absolute atomic E-state index is 13.7. The highest BCUT2D eigenvalue weighted by molar-refractivity contribution is 7.82. The summed E-state index contributed by atoms with van der Waals surface area (Å²) >= 11 is 4.29. The maximum atomic E-state index is 13.7. The number of nitrogens with zero attached hydrogens (tertiary/aromatic N) is 1. The summed E-state index contributed by atoms with van der Waals surface area (Å²) in [5.41, 5.74) is 10.7. The Morgan fingerprint density at radius 3 is 2.09 bits per heavy atom. The van der Waals surface area contributed by atoms with Gasteiger partial charge in [-0.05, 0) is 55.5 Å². The first-order valence-electron chi connectivity index (χ1n) is 15.4. The second-order valence-corrected chi connectivity index (χ2v) is 11.6. The summed E-state index contributed by atoms with van der Waals surface area (Å²) in [6.45, 7) is 0.467. The monoisotopic (exact) mass is 664 g/mol. The van der Waals surface area contributed by atoms with Crippen molar-refractivity contribution in [3.05, 3.63) is 102 Å². The topological polar surface area (TPSA) is 175 Å². The van der Waals surface area contributed by atoms with E-state index in [1.165, 1.54) is 0 Å². The number of hydrogen-bond acceptors (Lipinski definition) is 9. The summed E-state index contributed by atoms with van der Waals surface area (Å²) in [5.74, 6) is -1.94. The minimum atomic E-state index is -2.31. The second-order valence-electron chi connectivity index (χ2n) is 11.0. The van der Waals surface area contributed by atoms with Gasteiger partial charge in [-0.1, -0.05) is 78.9 Å². The van der Waals surface area contributed by atoms with Crippen LogP contribution in [-0.2, 0) is 32.3 Å². The highest BCUT2D eigenvalue weighted by Gasteiger charge is 2.42. The highest BCUT2D eigenvalue weighted by Crippen LogP contribution is 2.22. The van der Waals surface area contributed by atoms with Crippen LogP contribution in [0.25, 0.3) is 0 Å². The Labute approximate surface area is 280 Å². The van der Waals surface area contributed by atoms with Crippen molar-refractivity contribution in [3.8, 4) is 0 Å². The van der Waals surface area contributed by atoms with Gasteiger partial charge in [-0.15, -0.1) is 12.6 Å². The zero-order valence-electron chi connectivity index (χ0n) is 26.4. The predicted molar refractivity (Wildman–Crippen MR) is 183 cm³/mol. The molecule has 0 radical (unpaired) electrons. The summed E-state index contributed by atoms with van der Waals surface area (Å²) < 4.78 is 5.32. The zero-order chi connectivity index (χ0) is 34.1. The third kappa shape index (κ3) is 12.6. The molecular formula is C34H44N6O6S. The molecule has 0 saturated carbocycles. The Bertz CT molecular complexity index is 1410. The van der Waals surface area contributed by atoms with Crippen LogP contribution in [0.1, 0.15) is 43.2 Å². The van der Waals surface area contributed by atoms with Crippen molar-refractivity contribution in [2.75, 3.05) is 18.6 Å². The van der Waals surface area contributed by atoms with Crippen LogP contribution in [0.15, 0.2) is 91.0 Å². The Morgan fingerprint density at radius 1 is 0.872 bits per heavy atom. The van der Waals surface area contributed by atoms with Crippen LogP contribution in [0, 0.1) is 0 Å². The summed E-state index contributed by atoms with van der Waals surface area (Å²) in [6.07, 6.45) is 0.0784. The minimum Gasteiger partial charge on any atom is -0.445 e. The molecule has 3 aromatic rings. The summed E-state index contributed by atoms with van der Waals surface area (Å²) in [5, 5.41) is 20.7. The van der Waals surface area contributed by atoms with Crippen molar-refractivity contribution in [1.82, 2.24) is 21.4 Å². The van der Waals surface area contributed by atoms with Crippen LogP contribution in [0.2, 0.25) is 0 Å². The van der Waals surface area contributed by atoms with Gasteiger partial charge in [0.25, 0.3) is 5.91 Å². The molecule has 0 unspecified atom stereocenters. The van der Waals surface area contributed by atoms with E-state index in [1.54, 1.807) is 36.3 Å². The van der Waals surface area contributed by atoms with Gasteiger partial charge in [0.2, 0.25) is 16.7 Å². The minimum absolute atomic E-state index is 0.0386. The molecule has 252 valence electrons. The highest BCUT2D eigenvalue weighted by atomic mass is 32.1. The number of amides is 4. The first kappa shape index (κ1) is 36.9. The molecule has 0 aliphatic rings. The number of hydrogen-bond donors (Lipinski definition) is 7. The van der Waals surface area contributed by atoms with Gasteiger partial charge in [0, 0.05) is 20.0 Å². The molecule has 7 N–H and O–H groups in total. The van der Waals surface area contributed by atoms with Crippen LogP contribution in [-0.4, -0.2) is 59.5 Å². The lowest BCUT2D eigenvalue weighted by atomic mass is 10.0. The molecule has 47 heavy (non-hydrogen) atoms.